The summed E-state index contributed by atoms with van der Waals surface area (Å²) in [5.74, 6) is -3.22. The van der Waals surface area contributed by atoms with Gasteiger partial charge in [0.2, 0.25) is 5.91 Å². The number of hydrogen-bond donors (Lipinski definition) is 2. The maximum absolute atomic E-state index is 12.3. The van der Waals surface area contributed by atoms with Gasteiger partial charge in [-0.1, -0.05) is 32.0 Å². The second-order valence-electron chi connectivity index (χ2n) is 8.44. The zero-order valence-electron chi connectivity index (χ0n) is 19.5. The molecule has 1 aliphatic heterocycles. The van der Waals surface area contributed by atoms with Gasteiger partial charge in [0.05, 0.1) is 24.6 Å². The topological polar surface area (TPSA) is 131 Å². The maximum Gasteiger partial charge on any atom is 0.338 e. The first-order valence-electron chi connectivity index (χ1n) is 11.1. The molecule has 1 fully saturated rings. The van der Waals surface area contributed by atoms with Crippen LogP contribution in [-0.4, -0.2) is 54.4 Å². The predicted octanol–water partition coefficient (Wildman–Crippen LogP) is 2.17. The number of ether oxygens (including phenoxy) is 2. The average molecular weight is 482 g/mol. The van der Waals surface area contributed by atoms with E-state index in [2.05, 4.69) is 10.7 Å². The fourth-order valence-electron chi connectivity index (χ4n) is 3.22. The molecule has 2 aromatic carbocycles. The molecule has 10 heteroatoms. The molecular weight excluding hydrogens is 454 g/mol. The summed E-state index contributed by atoms with van der Waals surface area (Å²) in [6.07, 6.45) is -0.135. The zero-order chi connectivity index (χ0) is 25.4. The number of esters is 2. The molecule has 1 saturated heterocycles. The molecule has 1 atom stereocenters. The summed E-state index contributed by atoms with van der Waals surface area (Å²) in [6.45, 7) is 3.59. The van der Waals surface area contributed by atoms with Crippen molar-refractivity contribution >= 4 is 35.3 Å². The molecule has 2 aromatic rings. The van der Waals surface area contributed by atoms with E-state index in [0.717, 1.165) is 5.01 Å². The average Bonchev–Trinajstić information content (AvgIpc) is 3.22. The van der Waals surface area contributed by atoms with Gasteiger partial charge in [0, 0.05) is 17.7 Å². The Kier molecular flexibility index (Phi) is 8.55. The summed E-state index contributed by atoms with van der Waals surface area (Å²) in [4.78, 5) is 60.8. The summed E-state index contributed by atoms with van der Waals surface area (Å²) in [5.41, 5.74) is 3.62. The van der Waals surface area contributed by atoms with Crippen LogP contribution >= 0.6 is 0 Å². The third kappa shape index (κ3) is 7.39. The van der Waals surface area contributed by atoms with Crippen LogP contribution in [0, 0.1) is 11.8 Å². The zero-order valence-corrected chi connectivity index (χ0v) is 19.5. The van der Waals surface area contributed by atoms with Gasteiger partial charge in [-0.2, -0.15) is 0 Å². The van der Waals surface area contributed by atoms with Crippen molar-refractivity contribution in [1.29, 1.82) is 0 Å². The molecule has 0 spiro atoms. The van der Waals surface area contributed by atoms with E-state index in [4.69, 9.17) is 9.47 Å². The molecule has 1 aliphatic rings. The van der Waals surface area contributed by atoms with Crippen LogP contribution in [0.25, 0.3) is 0 Å². The van der Waals surface area contributed by atoms with Crippen molar-refractivity contribution in [2.24, 2.45) is 11.8 Å². The lowest BCUT2D eigenvalue weighted by Crippen LogP contribution is -2.43. The Hall–Kier alpha value is -4.21. The van der Waals surface area contributed by atoms with Gasteiger partial charge in [0.15, 0.2) is 6.61 Å². The normalized spacial score (nSPS) is 15.0. The molecule has 35 heavy (non-hydrogen) atoms. The van der Waals surface area contributed by atoms with Crippen molar-refractivity contribution in [3.63, 3.8) is 0 Å². The van der Waals surface area contributed by atoms with Crippen LogP contribution in [0.4, 0.5) is 5.69 Å². The van der Waals surface area contributed by atoms with E-state index in [0.29, 0.717) is 23.4 Å². The van der Waals surface area contributed by atoms with E-state index in [9.17, 15) is 24.0 Å². The Morgan fingerprint density at radius 2 is 1.66 bits per heavy atom. The number of nitrogens with one attached hydrogen (secondary N) is 2. The smallest absolute Gasteiger partial charge is 0.338 e. The fraction of sp³-hybridized carbons (Fsp3) is 0.320. The molecule has 2 N–H and O–H groups in total. The van der Waals surface area contributed by atoms with Gasteiger partial charge in [-0.15, -0.1) is 0 Å². The Morgan fingerprint density at radius 1 is 0.971 bits per heavy atom. The molecule has 0 unspecified atom stereocenters. The largest absolute Gasteiger partial charge is 0.462 e. The van der Waals surface area contributed by atoms with Gasteiger partial charge in [0.25, 0.3) is 11.8 Å². The first-order chi connectivity index (χ1) is 16.7. The summed E-state index contributed by atoms with van der Waals surface area (Å²) in [5, 5.41) is 3.64. The standard InChI is InChI=1S/C25H27N3O7/c1-16(2)14-34-24(32)18-8-10-20(11-9-18)26-21(29)15-35-25(33)19-12-22(30)28(13-19)27-23(31)17-6-4-3-5-7-17/h3-11,16,19H,12-15H2,1-2H3,(H,26,29)(H,27,31)/t19-/m1/s1. The first-order valence-corrected chi connectivity index (χ1v) is 11.1. The maximum atomic E-state index is 12.3. The van der Waals surface area contributed by atoms with Crippen molar-refractivity contribution < 1.29 is 33.4 Å². The minimum atomic E-state index is -0.803. The summed E-state index contributed by atoms with van der Waals surface area (Å²) in [6, 6.07) is 14.5. The number of nitrogens with zero attached hydrogens (tertiary/aromatic N) is 1. The van der Waals surface area contributed by atoms with E-state index in [1.807, 2.05) is 13.8 Å². The number of anilines is 1. The number of rotatable bonds is 9. The van der Waals surface area contributed by atoms with Crippen molar-refractivity contribution in [2.75, 3.05) is 25.1 Å². The lowest BCUT2D eigenvalue weighted by molar-refractivity contribution is -0.151. The van der Waals surface area contributed by atoms with Gasteiger partial charge in [-0.05, 0) is 42.3 Å². The minimum Gasteiger partial charge on any atom is -0.462 e. The Bertz CT molecular complexity index is 1080. The van der Waals surface area contributed by atoms with Gasteiger partial charge >= 0.3 is 11.9 Å². The van der Waals surface area contributed by atoms with Crippen molar-refractivity contribution in [1.82, 2.24) is 10.4 Å². The quantitative estimate of drug-likeness (QED) is 0.525. The lowest BCUT2D eigenvalue weighted by atomic mass is 10.1. The van der Waals surface area contributed by atoms with E-state index in [-0.39, 0.29) is 18.9 Å². The highest BCUT2D eigenvalue weighted by Crippen LogP contribution is 2.18. The molecule has 3 rings (SSSR count). The Labute approximate surface area is 202 Å². The number of hydrazine groups is 1. The third-order valence-electron chi connectivity index (χ3n) is 5.03. The number of hydrogen-bond acceptors (Lipinski definition) is 7. The Morgan fingerprint density at radius 3 is 2.31 bits per heavy atom. The van der Waals surface area contributed by atoms with Crippen LogP contribution in [0.15, 0.2) is 54.6 Å². The molecule has 184 valence electrons. The van der Waals surface area contributed by atoms with Gasteiger partial charge < -0.3 is 14.8 Å². The highest BCUT2D eigenvalue weighted by Gasteiger charge is 2.36. The highest BCUT2D eigenvalue weighted by molar-refractivity contribution is 5.97. The SMILES string of the molecule is CC(C)COC(=O)c1ccc(NC(=O)COC(=O)[C@@H]2CC(=O)N(NC(=O)c3ccccc3)C2)cc1. The number of carbonyl (C=O) groups is 5. The number of benzene rings is 2. The van der Waals surface area contributed by atoms with Gasteiger partial charge in [-0.25, -0.2) is 4.79 Å². The van der Waals surface area contributed by atoms with Crippen molar-refractivity contribution in [2.45, 2.75) is 20.3 Å². The third-order valence-corrected chi connectivity index (χ3v) is 5.03. The highest BCUT2D eigenvalue weighted by atomic mass is 16.5. The number of amides is 3. The van der Waals surface area contributed by atoms with Crippen molar-refractivity contribution in [3.05, 3.63) is 65.7 Å². The van der Waals surface area contributed by atoms with Crippen LogP contribution in [0.3, 0.4) is 0 Å². The Balaban J connectivity index is 1.43. The second kappa shape index (κ2) is 11.8. The van der Waals surface area contributed by atoms with Gasteiger partial charge in [-0.3, -0.25) is 29.6 Å². The minimum absolute atomic E-state index is 0.0494. The summed E-state index contributed by atoms with van der Waals surface area (Å²) < 4.78 is 10.2. The summed E-state index contributed by atoms with van der Waals surface area (Å²) in [7, 11) is 0. The first kappa shape index (κ1) is 25.4. The van der Waals surface area contributed by atoms with Crippen molar-refractivity contribution in [3.8, 4) is 0 Å². The van der Waals surface area contributed by atoms with Crippen LogP contribution in [-0.2, 0) is 23.9 Å². The van der Waals surface area contributed by atoms with E-state index in [1.165, 1.54) is 24.3 Å². The van der Waals surface area contributed by atoms with E-state index in [1.54, 1.807) is 30.3 Å². The molecule has 1 heterocycles. The van der Waals surface area contributed by atoms with Crippen LogP contribution in [0.5, 0.6) is 0 Å². The molecular formula is C25H27N3O7. The number of carbonyl (C=O) groups excluding carboxylic acids is 5. The van der Waals surface area contributed by atoms with E-state index < -0.39 is 42.2 Å². The molecule has 0 saturated carbocycles. The van der Waals surface area contributed by atoms with Crippen LogP contribution in [0.2, 0.25) is 0 Å². The molecule has 0 aliphatic carbocycles. The molecule has 0 bridgehead atoms. The molecule has 10 nitrogen and oxygen atoms in total. The molecule has 0 radical (unpaired) electrons. The van der Waals surface area contributed by atoms with Crippen LogP contribution < -0.4 is 10.7 Å². The molecule has 3 amide bonds. The predicted molar refractivity (Wildman–Crippen MR) is 125 cm³/mol. The summed E-state index contributed by atoms with van der Waals surface area (Å²) >= 11 is 0. The van der Waals surface area contributed by atoms with Crippen LogP contribution in [0.1, 0.15) is 41.0 Å². The molecule has 0 aromatic heterocycles. The fourth-order valence-corrected chi connectivity index (χ4v) is 3.22. The monoisotopic (exact) mass is 481 g/mol. The van der Waals surface area contributed by atoms with Gasteiger partial charge in [0.1, 0.15) is 0 Å². The van der Waals surface area contributed by atoms with E-state index >= 15 is 0 Å². The lowest BCUT2D eigenvalue weighted by Gasteiger charge is -2.17. The second-order valence-corrected chi connectivity index (χ2v) is 8.44.